The molecule has 0 amide bonds. The predicted molar refractivity (Wildman–Crippen MR) is 86.9 cm³/mol. The van der Waals surface area contributed by atoms with Gasteiger partial charge in [0.15, 0.2) is 5.69 Å². The van der Waals surface area contributed by atoms with Crippen molar-refractivity contribution in [1.82, 2.24) is 15.0 Å². The predicted octanol–water partition coefficient (Wildman–Crippen LogP) is 3.16. The summed E-state index contributed by atoms with van der Waals surface area (Å²) in [5, 5.41) is 17.2. The first kappa shape index (κ1) is 17.0. The maximum absolute atomic E-state index is 11.4. The number of methoxy groups -OCH3 is 1. The van der Waals surface area contributed by atoms with Crippen molar-refractivity contribution < 1.29 is 14.6 Å². The molecule has 0 spiro atoms. The van der Waals surface area contributed by atoms with Gasteiger partial charge in [-0.15, -0.1) is 5.10 Å². The Morgan fingerprint density at radius 2 is 1.96 bits per heavy atom. The van der Waals surface area contributed by atoms with E-state index in [1.54, 1.807) is 11.8 Å². The molecule has 0 radical (unpaired) electrons. The number of ether oxygens (including phenoxy) is 1. The number of carboxylic acids is 1. The highest BCUT2D eigenvalue weighted by Crippen LogP contribution is 2.17. The molecule has 1 aromatic carbocycles. The van der Waals surface area contributed by atoms with Gasteiger partial charge in [0.1, 0.15) is 5.75 Å². The summed E-state index contributed by atoms with van der Waals surface area (Å²) in [7, 11) is 1.62. The van der Waals surface area contributed by atoms with Gasteiger partial charge in [0.05, 0.1) is 12.8 Å². The second-order valence-corrected chi connectivity index (χ2v) is 5.50. The summed E-state index contributed by atoms with van der Waals surface area (Å²) < 4.78 is 6.87. The molecule has 1 aromatic heterocycles. The van der Waals surface area contributed by atoms with Crippen LogP contribution in [0.25, 0.3) is 0 Å². The number of carboxylic acid groups (broad SMARTS) is 1. The van der Waals surface area contributed by atoms with Crippen LogP contribution in [0.3, 0.4) is 0 Å². The van der Waals surface area contributed by atoms with Gasteiger partial charge >= 0.3 is 5.97 Å². The van der Waals surface area contributed by atoms with Crippen LogP contribution in [0.2, 0.25) is 0 Å². The van der Waals surface area contributed by atoms with Gasteiger partial charge in [-0.05, 0) is 24.1 Å². The van der Waals surface area contributed by atoms with Gasteiger partial charge in [-0.25, -0.2) is 9.48 Å². The molecule has 0 fully saturated rings. The Balaban J connectivity index is 2.16. The van der Waals surface area contributed by atoms with Gasteiger partial charge in [-0.2, -0.15) is 0 Å². The maximum Gasteiger partial charge on any atom is 0.358 e. The number of aryl methyl sites for hydroxylation is 1. The van der Waals surface area contributed by atoms with Crippen molar-refractivity contribution in [3.8, 4) is 5.75 Å². The third-order valence-corrected chi connectivity index (χ3v) is 3.79. The molecule has 2 rings (SSSR count). The zero-order valence-corrected chi connectivity index (χ0v) is 13.7. The molecule has 0 aliphatic heterocycles. The summed E-state index contributed by atoms with van der Waals surface area (Å²) in [5.74, 6) is -0.258. The number of hydrogen-bond acceptors (Lipinski definition) is 4. The van der Waals surface area contributed by atoms with E-state index in [0.717, 1.165) is 30.6 Å². The minimum Gasteiger partial charge on any atom is -0.497 e. The number of carbonyl (C=O) groups is 1. The number of aromatic nitrogens is 3. The maximum atomic E-state index is 11.4. The number of unbranched alkanes of at least 4 members (excludes halogenated alkanes) is 3. The number of hydrogen-bond donors (Lipinski definition) is 1. The highest BCUT2D eigenvalue weighted by atomic mass is 16.5. The van der Waals surface area contributed by atoms with Crippen LogP contribution in [-0.2, 0) is 13.0 Å². The molecule has 6 nitrogen and oxygen atoms in total. The lowest BCUT2D eigenvalue weighted by Gasteiger charge is -2.08. The van der Waals surface area contributed by atoms with Crippen molar-refractivity contribution in [1.29, 1.82) is 0 Å². The highest BCUT2D eigenvalue weighted by molar-refractivity contribution is 5.86. The topological polar surface area (TPSA) is 77.2 Å². The SMILES string of the molecule is CCCCCCn1nnc(C(=O)O)c1Cc1ccc(OC)cc1. The highest BCUT2D eigenvalue weighted by Gasteiger charge is 2.19. The van der Waals surface area contributed by atoms with Crippen molar-refractivity contribution >= 4 is 5.97 Å². The molecule has 23 heavy (non-hydrogen) atoms. The van der Waals surface area contributed by atoms with Crippen LogP contribution in [0.5, 0.6) is 5.75 Å². The van der Waals surface area contributed by atoms with Crippen molar-refractivity contribution in [2.45, 2.75) is 45.6 Å². The van der Waals surface area contributed by atoms with Gasteiger partial charge in [0.2, 0.25) is 0 Å². The van der Waals surface area contributed by atoms with E-state index in [1.807, 2.05) is 24.3 Å². The molecule has 0 unspecified atom stereocenters. The van der Waals surface area contributed by atoms with Crippen LogP contribution in [-0.4, -0.2) is 33.2 Å². The Kier molecular flexibility index (Phi) is 6.14. The van der Waals surface area contributed by atoms with E-state index < -0.39 is 5.97 Å². The van der Waals surface area contributed by atoms with Crippen LogP contribution in [0, 0.1) is 0 Å². The minimum absolute atomic E-state index is 0.0382. The average molecular weight is 317 g/mol. The smallest absolute Gasteiger partial charge is 0.358 e. The van der Waals surface area contributed by atoms with Crippen LogP contribution in [0.15, 0.2) is 24.3 Å². The molecule has 2 aromatic rings. The summed E-state index contributed by atoms with van der Waals surface area (Å²) >= 11 is 0. The zero-order valence-electron chi connectivity index (χ0n) is 13.7. The quantitative estimate of drug-likeness (QED) is 0.719. The monoisotopic (exact) mass is 317 g/mol. The van der Waals surface area contributed by atoms with Gasteiger partial charge in [-0.1, -0.05) is 43.5 Å². The molecule has 1 N–H and O–H groups in total. The van der Waals surface area contributed by atoms with Gasteiger partial charge in [0, 0.05) is 13.0 Å². The van der Waals surface area contributed by atoms with Crippen LogP contribution >= 0.6 is 0 Å². The molecular formula is C17H23N3O3. The van der Waals surface area contributed by atoms with Crippen LogP contribution in [0.1, 0.15) is 54.4 Å². The Morgan fingerprint density at radius 1 is 1.22 bits per heavy atom. The van der Waals surface area contributed by atoms with Gasteiger partial charge in [0.25, 0.3) is 0 Å². The molecule has 0 saturated heterocycles. The Labute approximate surface area is 136 Å². The zero-order chi connectivity index (χ0) is 16.7. The second-order valence-electron chi connectivity index (χ2n) is 5.50. The van der Waals surface area contributed by atoms with E-state index in [0.29, 0.717) is 18.7 Å². The minimum atomic E-state index is -1.03. The summed E-state index contributed by atoms with van der Waals surface area (Å²) in [6.45, 7) is 2.86. The normalized spacial score (nSPS) is 10.7. The van der Waals surface area contributed by atoms with Crippen LogP contribution < -0.4 is 4.74 Å². The molecule has 0 bridgehead atoms. The lowest BCUT2D eigenvalue weighted by atomic mass is 10.1. The first-order valence-corrected chi connectivity index (χ1v) is 7.94. The van der Waals surface area contributed by atoms with Crippen molar-refractivity contribution in [2.75, 3.05) is 7.11 Å². The van der Waals surface area contributed by atoms with Gasteiger partial charge < -0.3 is 9.84 Å². The number of aromatic carboxylic acids is 1. The molecule has 0 aliphatic carbocycles. The van der Waals surface area contributed by atoms with E-state index in [2.05, 4.69) is 17.2 Å². The molecule has 0 saturated carbocycles. The number of benzene rings is 1. The lowest BCUT2D eigenvalue weighted by molar-refractivity contribution is 0.0689. The third kappa shape index (κ3) is 4.55. The summed E-state index contributed by atoms with van der Waals surface area (Å²) in [5.41, 5.74) is 1.70. The molecule has 0 aliphatic rings. The Morgan fingerprint density at radius 3 is 2.57 bits per heavy atom. The molecule has 6 heteroatoms. The van der Waals surface area contributed by atoms with Gasteiger partial charge in [-0.3, -0.25) is 0 Å². The van der Waals surface area contributed by atoms with Crippen LogP contribution in [0.4, 0.5) is 0 Å². The summed E-state index contributed by atoms with van der Waals surface area (Å²) in [6, 6.07) is 7.59. The summed E-state index contributed by atoms with van der Waals surface area (Å²) in [4.78, 5) is 11.4. The third-order valence-electron chi connectivity index (χ3n) is 3.79. The molecule has 1 heterocycles. The molecular weight excluding hydrogens is 294 g/mol. The molecule has 124 valence electrons. The summed E-state index contributed by atoms with van der Waals surface area (Å²) in [6.07, 6.45) is 4.92. The molecule has 0 atom stereocenters. The largest absolute Gasteiger partial charge is 0.497 e. The standard InChI is InChI=1S/C17H23N3O3/c1-3-4-5-6-11-20-15(16(17(21)22)18-19-20)12-13-7-9-14(23-2)10-8-13/h7-10H,3-6,11-12H2,1-2H3,(H,21,22). The second kappa shape index (κ2) is 8.31. The van der Waals surface area contributed by atoms with Crippen molar-refractivity contribution in [2.24, 2.45) is 0 Å². The van der Waals surface area contributed by atoms with E-state index in [4.69, 9.17) is 4.74 Å². The van der Waals surface area contributed by atoms with Crippen molar-refractivity contribution in [3.63, 3.8) is 0 Å². The first-order valence-electron chi connectivity index (χ1n) is 7.94. The number of nitrogens with zero attached hydrogens (tertiary/aromatic N) is 3. The van der Waals surface area contributed by atoms with Crippen molar-refractivity contribution in [3.05, 3.63) is 41.2 Å². The lowest BCUT2D eigenvalue weighted by Crippen LogP contribution is -2.09. The Bertz CT molecular complexity index is 635. The van der Waals surface area contributed by atoms with E-state index in [1.165, 1.54) is 6.42 Å². The van der Waals surface area contributed by atoms with E-state index in [-0.39, 0.29) is 5.69 Å². The van der Waals surface area contributed by atoms with E-state index >= 15 is 0 Å². The average Bonchev–Trinajstić information content (AvgIpc) is 2.95. The number of rotatable bonds is 9. The fraction of sp³-hybridized carbons (Fsp3) is 0.471. The fourth-order valence-corrected chi connectivity index (χ4v) is 2.48. The Hall–Kier alpha value is -2.37. The first-order chi connectivity index (χ1) is 11.2. The fourth-order valence-electron chi connectivity index (χ4n) is 2.48. The van der Waals surface area contributed by atoms with E-state index in [9.17, 15) is 9.90 Å².